The number of halogens is 3. The molecule has 0 aliphatic heterocycles. The Morgan fingerprint density at radius 1 is 1.14 bits per heavy atom. The van der Waals surface area contributed by atoms with Crippen molar-refractivity contribution in [2.45, 2.75) is 32.9 Å². The number of nitrogens with one attached hydrogen (secondary N) is 1. The van der Waals surface area contributed by atoms with E-state index in [1.807, 2.05) is 0 Å². The van der Waals surface area contributed by atoms with Crippen LogP contribution in [0.2, 0.25) is 0 Å². The van der Waals surface area contributed by atoms with Crippen LogP contribution in [0.3, 0.4) is 0 Å². The zero-order chi connectivity index (χ0) is 17.0. The van der Waals surface area contributed by atoms with Crippen LogP contribution in [0.4, 0.5) is 13.2 Å². The number of amides is 1. The number of rotatable bonds is 6. The summed E-state index contributed by atoms with van der Waals surface area (Å²) >= 11 is 0. The molecule has 0 saturated carbocycles. The number of hydrogen-bond donors (Lipinski definition) is 2. The van der Waals surface area contributed by atoms with Crippen LogP contribution in [0.15, 0.2) is 24.3 Å². The van der Waals surface area contributed by atoms with Gasteiger partial charge < -0.3 is 10.4 Å². The molecule has 1 rings (SSSR count). The minimum atomic E-state index is -4.21. The zero-order valence-corrected chi connectivity index (χ0v) is 12.3. The highest BCUT2D eigenvalue weighted by Crippen LogP contribution is 2.22. The molecule has 0 aliphatic carbocycles. The van der Waals surface area contributed by atoms with Gasteiger partial charge in [0.15, 0.2) is 0 Å². The van der Waals surface area contributed by atoms with Crippen molar-refractivity contribution in [3.05, 3.63) is 35.4 Å². The Labute approximate surface area is 126 Å². The Bertz CT molecular complexity index is 536. The molecule has 22 heavy (non-hydrogen) atoms. The Balaban J connectivity index is 2.59. The number of carboxylic acids is 1. The number of alkyl halides is 3. The molecule has 0 bridgehead atoms. The van der Waals surface area contributed by atoms with Gasteiger partial charge in [0.1, 0.15) is 0 Å². The fraction of sp³-hybridized carbons (Fsp3) is 0.467. The summed E-state index contributed by atoms with van der Waals surface area (Å²) in [6.45, 7) is 2.92. The van der Waals surface area contributed by atoms with Crippen LogP contribution in [-0.2, 0) is 11.2 Å². The number of aryl methyl sites for hydroxylation is 1. The van der Waals surface area contributed by atoms with Gasteiger partial charge in [0.05, 0.1) is 5.41 Å². The summed E-state index contributed by atoms with van der Waals surface area (Å²) in [5, 5.41) is 11.4. The molecule has 0 radical (unpaired) electrons. The van der Waals surface area contributed by atoms with E-state index in [1.54, 1.807) is 0 Å². The summed E-state index contributed by atoms with van der Waals surface area (Å²) in [4.78, 5) is 22.8. The summed E-state index contributed by atoms with van der Waals surface area (Å²) in [5.41, 5.74) is -0.334. The predicted molar refractivity (Wildman–Crippen MR) is 74.6 cm³/mol. The number of hydrogen-bond acceptors (Lipinski definition) is 2. The number of carbonyl (C=O) groups is 2. The van der Waals surface area contributed by atoms with E-state index in [4.69, 9.17) is 5.11 Å². The zero-order valence-electron chi connectivity index (χ0n) is 12.3. The predicted octanol–water partition coefficient (Wildman–Crippen LogP) is 3.02. The average Bonchev–Trinajstić information content (AvgIpc) is 2.42. The Hall–Kier alpha value is -2.05. The van der Waals surface area contributed by atoms with Crippen LogP contribution < -0.4 is 5.32 Å². The standard InChI is InChI=1S/C15H18F3NO3/c1-14(2,13(21)22)9-19-12(20)11-5-3-10(4-6-11)7-8-15(16,17)18/h3-6H,7-9H2,1-2H3,(H,19,20)(H,21,22). The van der Waals surface area contributed by atoms with Crippen molar-refractivity contribution in [3.63, 3.8) is 0 Å². The van der Waals surface area contributed by atoms with Crippen LogP contribution in [0, 0.1) is 5.41 Å². The molecule has 2 N–H and O–H groups in total. The number of carbonyl (C=O) groups excluding carboxylic acids is 1. The molecule has 0 spiro atoms. The van der Waals surface area contributed by atoms with Crippen molar-refractivity contribution < 1.29 is 27.9 Å². The average molecular weight is 317 g/mol. The van der Waals surface area contributed by atoms with Crippen molar-refractivity contribution in [2.75, 3.05) is 6.54 Å². The fourth-order valence-corrected chi connectivity index (χ4v) is 1.59. The highest BCUT2D eigenvalue weighted by Gasteiger charge is 2.28. The maximum absolute atomic E-state index is 12.1. The molecule has 0 fully saturated rings. The molecule has 0 aromatic heterocycles. The molecular formula is C15H18F3NO3. The number of carboxylic acid groups (broad SMARTS) is 1. The molecule has 1 amide bonds. The first-order valence-electron chi connectivity index (χ1n) is 6.68. The van der Waals surface area contributed by atoms with Crippen LogP contribution in [0.25, 0.3) is 0 Å². The van der Waals surface area contributed by atoms with Gasteiger partial charge in [-0.25, -0.2) is 0 Å². The Morgan fingerprint density at radius 2 is 1.68 bits per heavy atom. The third-order valence-corrected chi connectivity index (χ3v) is 3.18. The molecule has 0 heterocycles. The van der Waals surface area contributed by atoms with Crippen LogP contribution >= 0.6 is 0 Å². The number of benzene rings is 1. The van der Waals surface area contributed by atoms with Crippen LogP contribution in [0.1, 0.15) is 36.2 Å². The Kier molecular flexibility index (Phi) is 5.57. The van der Waals surface area contributed by atoms with Crippen molar-refractivity contribution in [1.29, 1.82) is 0 Å². The van der Waals surface area contributed by atoms with Gasteiger partial charge in [0.2, 0.25) is 0 Å². The Morgan fingerprint density at radius 3 is 2.14 bits per heavy atom. The second kappa shape index (κ2) is 6.81. The van der Waals surface area contributed by atoms with Gasteiger partial charge >= 0.3 is 12.1 Å². The first-order valence-corrected chi connectivity index (χ1v) is 6.68. The quantitative estimate of drug-likeness (QED) is 0.847. The van der Waals surface area contributed by atoms with E-state index in [0.717, 1.165) is 0 Å². The normalized spacial score (nSPS) is 12.0. The van der Waals surface area contributed by atoms with Gasteiger partial charge in [0.25, 0.3) is 5.91 Å². The van der Waals surface area contributed by atoms with Crippen molar-refractivity contribution >= 4 is 11.9 Å². The lowest BCUT2D eigenvalue weighted by Crippen LogP contribution is -2.38. The minimum Gasteiger partial charge on any atom is -0.481 e. The van der Waals surface area contributed by atoms with Crippen molar-refractivity contribution in [3.8, 4) is 0 Å². The van der Waals surface area contributed by atoms with Gasteiger partial charge in [-0.2, -0.15) is 13.2 Å². The molecule has 0 aliphatic rings. The lowest BCUT2D eigenvalue weighted by molar-refractivity contribution is -0.146. The lowest BCUT2D eigenvalue weighted by atomic mass is 9.94. The van der Waals surface area contributed by atoms with Gasteiger partial charge in [-0.3, -0.25) is 9.59 Å². The second-order valence-electron chi connectivity index (χ2n) is 5.68. The molecular weight excluding hydrogens is 299 g/mol. The van der Waals surface area contributed by atoms with E-state index in [2.05, 4.69) is 5.32 Å². The van der Waals surface area contributed by atoms with E-state index in [0.29, 0.717) is 5.56 Å². The van der Waals surface area contributed by atoms with Gasteiger partial charge in [-0.15, -0.1) is 0 Å². The highest BCUT2D eigenvalue weighted by atomic mass is 19.4. The van der Waals surface area contributed by atoms with Crippen molar-refractivity contribution in [2.24, 2.45) is 5.41 Å². The smallest absolute Gasteiger partial charge is 0.389 e. The van der Waals surface area contributed by atoms with Crippen LogP contribution in [0.5, 0.6) is 0 Å². The first-order chi connectivity index (χ1) is 10.0. The lowest BCUT2D eigenvalue weighted by Gasteiger charge is -2.19. The second-order valence-corrected chi connectivity index (χ2v) is 5.68. The molecule has 1 aromatic carbocycles. The maximum atomic E-state index is 12.1. The van der Waals surface area contributed by atoms with Crippen LogP contribution in [-0.4, -0.2) is 29.7 Å². The summed E-state index contributed by atoms with van der Waals surface area (Å²) in [7, 11) is 0. The largest absolute Gasteiger partial charge is 0.481 e. The molecule has 0 saturated heterocycles. The van der Waals surface area contributed by atoms with Gasteiger partial charge in [-0.05, 0) is 38.0 Å². The monoisotopic (exact) mass is 317 g/mol. The first kappa shape index (κ1) is 18.0. The van der Waals surface area contributed by atoms with E-state index in [9.17, 15) is 22.8 Å². The third-order valence-electron chi connectivity index (χ3n) is 3.18. The molecule has 0 unspecified atom stereocenters. The van der Waals surface area contributed by atoms with Crippen molar-refractivity contribution in [1.82, 2.24) is 5.32 Å². The molecule has 7 heteroatoms. The molecule has 1 aromatic rings. The summed E-state index contributed by atoms with van der Waals surface area (Å²) in [6.07, 6.45) is -5.26. The van der Waals surface area contributed by atoms with E-state index < -0.39 is 29.9 Å². The maximum Gasteiger partial charge on any atom is 0.389 e. The molecule has 122 valence electrons. The van der Waals surface area contributed by atoms with Gasteiger partial charge in [0, 0.05) is 18.5 Å². The van der Waals surface area contributed by atoms with E-state index in [1.165, 1.54) is 38.1 Å². The molecule has 4 nitrogen and oxygen atoms in total. The minimum absolute atomic E-state index is 0.0447. The summed E-state index contributed by atoms with van der Waals surface area (Å²) in [5.74, 6) is -1.49. The van der Waals surface area contributed by atoms with E-state index in [-0.39, 0.29) is 18.5 Å². The third kappa shape index (κ3) is 5.75. The number of aliphatic carboxylic acids is 1. The SMILES string of the molecule is CC(C)(CNC(=O)c1ccc(CCC(F)(F)F)cc1)C(=O)O. The topological polar surface area (TPSA) is 66.4 Å². The summed E-state index contributed by atoms with van der Waals surface area (Å²) < 4.78 is 36.3. The van der Waals surface area contributed by atoms with Gasteiger partial charge in [-0.1, -0.05) is 12.1 Å². The highest BCUT2D eigenvalue weighted by molar-refractivity contribution is 5.94. The molecule has 0 atom stereocenters. The summed E-state index contributed by atoms with van der Waals surface area (Å²) in [6, 6.07) is 5.77. The van der Waals surface area contributed by atoms with E-state index >= 15 is 0 Å². The fourth-order valence-electron chi connectivity index (χ4n) is 1.59.